The Kier molecular flexibility index (Phi) is 3.78. The molecule has 0 aliphatic rings. The highest BCUT2D eigenvalue weighted by atomic mass is 16.5. The second kappa shape index (κ2) is 5.50. The molecule has 0 atom stereocenters. The van der Waals surface area contributed by atoms with Gasteiger partial charge in [0.15, 0.2) is 23.9 Å². The number of aromatic nitrogens is 2. The maximum absolute atomic E-state index is 9.25. The van der Waals surface area contributed by atoms with Crippen molar-refractivity contribution in [3.8, 4) is 11.5 Å². The highest BCUT2D eigenvalue weighted by Gasteiger charge is 2.12. The number of aliphatic hydroxyl groups excluding tert-OH is 1. The summed E-state index contributed by atoms with van der Waals surface area (Å²) in [4.78, 5) is 4.03. The van der Waals surface area contributed by atoms with Gasteiger partial charge in [0, 0.05) is 5.56 Å². The van der Waals surface area contributed by atoms with Gasteiger partial charge in [0.1, 0.15) is 0 Å². The third-order valence-corrected chi connectivity index (χ3v) is 2.36. The van der Waals surface area contributed by atoms with Crippen molar-refractivity contribution in [2.24, 2.45) is 0 Å². The van der Waals surface area contributed by atoms with Crippen molar-refractivity contribution in [1.82, 2.24) is 10.1 Å². The van der Waals surface area contributed by atoms with E-state index in [0.29, 0.717) is 28.8 Å². The molecule has 1 aromatic carbocycles. The monoisotopic (exact) mass is 250 g/mol. The number of para-hydroxylation sites is 1. The van der Waals surface area contributed by atoms with Crippen LogP contribution in [-0.2, 0) is 13.2 Å². The van der Waals surface area contributed by atoms with Gasteiger partial charge in [0.25, 0.3) is 5.89 Å². The minimum Gasteiger partial charge on any atom is -0.493 e. The molecule has 0 radical (unpaired) electrons. The van der Waals surface area contributed by atoms with E-state index >= 15 is 0 Å². The third kappa shape index (κ3) is 2.60. The number of benzene rings is 1. The zero-order chi connectivity index (χ0) is 13.0. The normalized spacial score (nSPS) is 10.4. The third-order valence-electron chi connectivity index (χ3n) is 2.36. The lowest BCUT2D eigenvalue weighted by Crippen LogP contribution is -2.01. The molecular weight excluding hydrogens is 236 g/mol. The highest BCUT2D eigenvalue weighted by molar-refractivity contribution is 5.46. The molecule has 0 aliphatic heterocycles. The Morgan fingerprint density at radius 3 is 2.83 bits per heavy atom. The minimum atomic E-state index is -0.130. The first-order valence-corrected chi connectivity index (χ1v) is 5.43. The lowest BCUT2D eigenvalue weighted by Gasteiger charge is -2.12. The molecule has 2 rings (SSSR count). The molecule has 1 N–H and O–H groups in total. The van der Waals surface area contributed by atoms with Crippen LogP contribution in [0.4, 0.5) is 0 Å². The first-order valence-electron chi connectivity index (χ1n) is 5.43. The Bertz CT molecular complexity index is 502. The maximum Gasteiger partial charge on any atom is 0.264 e. The van der Waals surface area contributed by atoms with Crippen molar-refractivity contribution in [2.75, 3.05) is 7.11 Å². The van der Waals surface area contributed by atoms with Gasteiger partial charge in [-0.25, -0.2) is 0 Å². The Labute approximate surface area is 104 Å². The van der Waals surface area contributed by atoms with E-state index in [9.17, 15) is 5.11 Å². The summed E-state index contributed by atoms with van der Waals surface area (Å²) < 4.78 is 15.7. The molecule has 6 heteroatoms. The fourth-order valence-corrected chi connectivity index (χ4v) is 1.54. The molecule has 6 nitrogen and oxygen atoms in total. The van der Waals surface area contributed by atoms with Crippen molar-refractivity contribution < 1.29 is 19.1 Å². The van der Waals surface area contributed by atoms with Gasteiger partial charge in [-0.15, -0.1) is 0 Å². The Hall–Kier alpha value is -2.08. The fraction of sp³-hybridized carbons (Fsp3) is 0.333. The van der Waals surface area contributed by atoms with Crippen LogP contribution in [0.1, 0.15) is 17.3 Å². The van der Waals surface area contributed by atoms with Crippen molar-refractivity contribution in [3.05, 3.63) is 35.5 Å². The molecule has 0 fully saturated rings. The molecule has 0 bridgehead atoms. The van der Waals surface area contributed by atoms with Crippen LogP contribution in [0.5, 0.6) is 11.5 Å². The van der Waals surface area contributed by atoms with E-state index in [0.717, 1.165) is 0 Å². The van der Waals surface area contributed by atoms with E-state index in [4.69, 9.17) is 14.0 Å². The van der Waals surface area contributed by atoms with E-state index < -0.39 is 0 Å². The van der Waals surface area contributed by atoms with Crippen LogP contribution in [0.15, 0.2) is 22.7 Å². The second-order valence-corrected chi connectivity index (χ2v) is 3.63. The molecule has 0 saturated heterocycles. The van der Waals surface area contributed by atoms with Crippen molar-refractivity contribution in [2.45, 2.75) is 20.1 Å². The molecular formula is C12H14N2O4. The first kappa shape index (κ1) is 12.4. The van der Waals surface area contributed by atoms with Gasteiger partial charge >= 0.3 is 0 Å². The molecule has 2 aromatic rings. The van der Waals surface area contributed by atoms with Crippen LogP contribution in [0.3, 0.4) is 0 Å². The summed E-state index contributed by atoms with van der Waals surface area (Å²) >= 11 is 0. The summed E-state index contributed by atoms with van der Waals surface area (Å²) in [6, 6.07) is 5.30. The van der Waals surface area contributed by atoms with Crippen LogP contribution < -0.4 is 9.47 Å². The maximum atomic E-state index is 9.25. The van der Waals surface area contributed by atoms with Gasteiger partial charge in [-0.1, -0.05) is 17.3 Å². The van der Waals surface area contributed by atoms with Gasteiger partial charge in [-0.3, -0.25) is 0 Å². The number of nitrogens with zero attached hydrogens (tertiary/aromatic N) is 2. The number of aryl methyl sites for hydroxylation is 1. The summed E-state index contributed by atoms with van der Waals surface area (Å²) in [7, 11) is 1.54. The molecule has 1 aromatic heterocycles. The molecule has 0 unspecified atom stereocenters. The molecule has 0 saturated carbocycles. The van der Waals surface area contributed by atoms with Gasteiger partial charge < -0.3 is 19.1 Å². The lowest BCUT2D eigenvalue weighted by molar-refractivity contribution is 0.220. The molecule has 96 valence electrons. The fourth-order valence-electron chi connectivity index (χ4n) is 1.54. The van der Waals surface area contributed by atoms with Crippen LogP contribution >= 0.6 is 0 Å². The van der Waals surface area contributed by atoms with E-state index in [-0.39, 0.29) is 13.2 Å². The summed E-state index contributed by atoms with van der Waals surface area (Å²) in [5.41, 5.74) is 0.644. The number of aliphatic hydroxyl groups is 1. The van der Waals surface area contributed by atoms with Crippen LogP contribution in [0.2, 0.25) is 0 Å². The van der Waals surface area contributed by atoms with Gasteiger partial charge in [-0.2, -0.15) is 4.98 Å². The van der Waals surface area contributed by atoms with Crippen molar-refractivity contribution in [1.29, 1.82) is 0 Å². The zero-order valence-electron chi connectivity index (χ0n) is 10.2. The zero-order valence-corrected chi connectivity index (χ0v) is 10.2. The average molecular weight is 250 g/mol. The number of hydrogen-bond donors (Lipinski definition) is 1. The smallest absolute Gasteiger partial charge is 0.264 e. The Balaban J connectivity index is 2.17. The van der Waals surface area contributed by atoms with Crippen molar-refractivity contribution >= 4 is 0 Å². The predicted octanol–water partition coefficient (Wildman–Crippen LogP) is 1.46. The van der Waals surface area contributed by atoms with Crippen LogP contribution in [-0.4, -0.2) is 22.4 Å². The number of ether oxygens (including phenoxy) is 2. The van der Waals surface area contributed by atoms with Gasteiger partial charge in [0.2, 0.25) is 0 Å². The standard InChI is InChI=1S/C12H14N2O4/c1-8-13-11(18-14-8)7-17-12-9(6-15)4-3-5-10(12)16-2/h3-5,15H,6-7H2,1-2H3. The molecule has 18 heavy (non-hydrogen) atoms. The lowest BCUT2D eigenvalue weighted by atomic mass is 10.2. The highest BCUT2D eigenvalue weighted by Crippen LogP contribution is 2.31. The average Bonchev–Trinajstić information content (AvgIpc) is 2.81. The predicted molar refractivity (Wildman–Crippen MR) is 62.3 cm³/mol. The summed E-state index contributed by atoms with van der Waals surface area (Å²) in [5, 5.41) is 12.9. The summed E-state index contributed by atoms with van der Waals surface area (Å²) in [6.45, 7) is 1.73. The van der Waals surface area contributed by atoms with E-state index in [1.807, 2.05) is 0 Å². The Morgan fingerprint density at radius 1 is 1.39 bits per heavy atom. The van der Waals surface area contributed by atoms with E-state index in [2.05, 4.69) is 10.1 Å². The van der Waals surface area contributed by atoms with E-state index in [1.54, 1.807) is 32.2 Å². The number of rotatable bonds is 5. The quantitative estimate of drug-likeness (QED) is 0.865. The van der Waals surface area contributed by atoms with Gasteiger partial charge in [-0.05, 0) is 13.0 Å². The van der Waals surface area contributed by atoms with Crippen molar-refractivity contribution in [3.63, 3.8) is 0 Å². The SMILES string of the molecule is COc1cccc(CO)c1OCc1nc(C)no1. The minimum absolute atomic E-state index is 0.130. The Morgan fingerprint density at radius 2 is 2.22 bits per heavy atom. The van der Waals surface area contributed by atoms with Gasteiger partial charge in [0.05, 0.1) is 13.7 Å². The molecule has 0 amide bonds. The second-order valence-electron chi connectivity index (χ2n) is 3.63. The number of methoxy groups -OCH3 is 1. The molecule has 0 aliphatic carbocycles. The van der Waals surface area contributed by atoms with Crippen LogP contribution in [0.25, 0.3) is 0 Å². The largest absolute Gasteiger partial charge is 0.493 e. The van der Waals surface area contributed by atoms with Crippen LogP contribution in [0, 0.1) is 6.92 Å². The number of hydrogen-bond acceptors (Lipinski definition) is 6. The first-order chi connectivity index (χ1) is 8.74. The van der Waals surface area contributed by atoms with E-state index in [1.165, 1.54) is 0 Å². The summed E-state index contributed by atoms with van der Waals surface area (Å²) in [5.74, 6) is 1.97. The molecule has 1 heterocycles. The summed E-state index contributed by atoms with van der Waals surface area (Å²) in [6.07, 6.45) is 0. The molecule has 0 spiro atoms. The topological polar surface area (TPSA) is 77.6 Å².